The van der Waals surface area contributed by atoms with Crippen LogP contribution in [0.15, 0.2) is 12.3 Å². The van der Waals surface area contributed by atoms with E-state index in [1.165, 1.54) is 21.2 Å². The van der Waals surface area contributed by atoms with Crippen LogP contribution in [0, 0.1) is 13.8 Å². The molecule has 0 fully saturated rings. The molecule has 0 bridgehead atoms. The van der Waals surface area contributed by atoms with Crippen LogP contribution in [0.3, 0.4) is 0 Å². The van der Waals surface area contributed by atoms with Gasteiger partial charge in [0.2, 0.25) is 0 Å². The molecule has 80 valence electrons. The summed E-state index contributed by atoms with van der Waals surface area (Å²) >= 11 is 3.43. The van der Waals surface area contributed by atoms with Crippen LogP contribution < -0.4 is 0 Å². The summed E-state index contributed by atoms with van der Waals surface area (Å²) in [6.07, 6.45) is 5.48. The molecule has 0 aliphatic heterocycles. The third-order valence-electron chi connectivity index (χ3n) is 2.19. The maximum Gasteiger partial charge on any atom is 0.0896 e. The zero-order valence-electron chi connectivity index (χ0n) is 8.99. The van der Waals surface area contributed by atoms with Crippen LogP contribution in [0.1, 0.15) is 26.9 Å². The standard InChI is InChI=1S/C11H14N2S2/c1-8-6-10(15-13-8)4-3-5-11-7-12-9(2)14-11/h6-7H,3-5H2,1-2H3. The summed E-state index contributed by atoms with van der Waals surface area (Å²) in [5.41, 5.74) is 1.14. The van der Waals surface area contributed by atoms with Gasteiger partial charge in [-0.15, -0.1) is 11.3 Å². The van der Waals surface area contributed by atoms with Crippen molar-refractivity contribution in [1.29, 1.82) is 0 Å². The Labute approximate surface area is 98.2 Å². The summed E-state index contributed by atoms with van der Waals surface area (Å²) < 4.78 is 4.28. The fraction of sp³-hybridized carbons (Fsp3) is 0.455. The Morgan fingerprint density at radius 3 is 2.60 bits per heavy atom. The van der Waals surface area contributed by atoms with Crippen LogP contribution in [0.25, 0.3) is 0 Å². The fourth-order valence-electron chi connectivity index (χ4n) is 1.49. The predicted molar refractivity (Wildman–Crippen MR) is 65.7 cm³/mol. The van der Waals surface area contributed by atoms with Crippen molar-refractivity contribution in [3.63, 3.8) is 0 Å². The molecule has 2 nitrogen and oxygen atoms in total. The summed E-state index contributed by atoms with van der Waals surface area (Å²) in [5, 5.41) is 1.17. The summed E-state index contributed by atoms with van der Waals surface area (Å²) in [7, 11) is 0. The van der Waals surface area contributed by atoms with Gasteiger partial charge < -0.3 is 0 Å². The average molecular weight is 238 g/mol. The third-order valence-corrected chi connectivity index (χ3v) is 4.10. The van der Waals surface area contributed by atoms with Crippen molar-refractivity contribution in [2.24, 2.45) is 0 Å². The lowest BCUT2D eigenvalue weighted by molar-refractivity contribution is 0.840. The minimum atomic E-state index is 1.14. The van der Waals surface area contributed by atoms with Gasteiger partial charge in [0.15, 0.2) is 0 Å². The lowest BCUT2D eigenvalue weighted by atomic mass is 10.2. The van der Waals surface area contributed by atoms with Crippen LogP contribution in [-0.4, -0.2) is 9.36 Å². The minimum Gasteiger partial charge on any atom is -0.250 e. The fourth-order valence-corrected chi connectivity index (χ4v) is 3.10. The summed E-state index contributed by atoms with van der Waals surface area (Å²) in [6.45, 7) is 4.10. The monoisotopic (exact) mass is 238 g/mol. The van der Waals surface area contributed by atoms with Crippen molar-refractivity contribution < 1.29 is 0 Å². The highest BCUT2D eigenvalue weighted by Gasteiger charge is 2.01. The van der Waals surface area contributed by atoms with Crippen LogP contribution in [0.2, 0.25) is 0 Å². The number of nitrogens with zero attached hydrogens (tertiary/aromatic N) is 2. The topological polar surface area (TPSA) is 25.8 Å². The summed E-state index contributed by atoms with van der Waals surface area (Å²) in [5.74, 6) is 0. The van der Waals surface area contributed by atoms with E-state index >= 15 is 0 Å². The molecule has 2 aromatic heterocycles. The smallest absolute Gasteiger partial charge is 0.0896 e. The van der Waals surface area contributed by atoms with Gasteiger partial charge in [0, 0.05) is 16.0 Å². The van der Waals surface area contributed by atoms with Crippen molar-refractivity contribution in [3.05, 3.63) is 32.7 Å². The summed E-state index contributed by atoms with van der Waals surface area (Å²) in [4.78, 5) is 7.05. The minimum absolute atomic E-state index is 1.14. The normalized spacial score (nSPS) is 10.8. The van der Waals surface area contributed by atoms with Gasteiger partial charge in [-0.05, 0) is 50.7 Å². The second-order valence-electron chi connectivity index (χ2n) is 3.63. The van der Waals surface area contributed by atoms with Crippen molar-refractivity contribution in [3.8, 4) is 0 Å². The number of aromatic nitrogens is 2. The number of thiazole rings is 1. The van der Waals surface area contributed by atoms with Gasteiger partial charge in [0.05, 0.1) is 10.7 Å². The average Bonchev–Trinajstić information content (AvgIpc) is 2.76. The first-order chi connectivity index (χ1) is 7.24. The quantitative estimate of drug-likeness (QED) is 0.816. The van der Waals surface area contributed by atoms with Crippen molar-refractivity contribution in [2.75, 3.05) is 0 Å². The summed E-state index contributed by atoms with van der Waals surface area (Å²) in [6, 6.07) is 2.18. The molecule has 0 spiro atoms. The largest absolute Gasteiger partial charge is 0.250 e. The molecule has 2 aromatic rings. The molecule has 4 heteroatoms. The highest BCUT2D eigenvalue weighted by atomic mass is 32.1. The molecule has 0 N–H and O–H groups in total. The Morgan fingerprint density at radius 1 is 1.20 bits per heavy atom. The molecule has 0 radical (unpaired) electrons. The first-order valence-electron chi connectivity index (χ1n) is 5.07. The molecule has 2 heterocycles. The van der Waals surface area contributed by atoms with Crippen molar-refractivity contribution in [2.45, 2.75) is 33.1 Å². The first kappa shape index (κ1) is 10.8. The molecule has 0 aliphatic carbocycles. The number of rotatable bonds is 4. The number of hydrogen-bond donors (Lipinski definition) is 0. The second-order valence-corrected chi connectivity index (χ2v) is 5.84. The van der Waals surface area contributed by atoms with E-state index in [0.717, 1.165) is 18.5 Å². The predicted octanol–water partition coefficient (Wildman–Crippen LogP) is 3.39. The molecule has 0 aliphatic rings. The van der Waals surface area contributed by atoms with Crippen LogP contribution in [0.5, 0.6) is 0 Å². The van der Waals surface area contributed by atoms with E-state index in [9.17, 15) is 0 Å². The van der Waals surface area contributed by atoms with Gasteiger partial charge in [0.1, 0.15) is 0 Å². The molecule has 0 amide bonds. The Hall–Kier alpha value is -0.740. The van der Waals surface area contributed by atoms with E-state index in [1.54, 1.807) is 22.9 Å². The van der Waals surface area contributed by atoms with Gasteiger partial charge in [0.25, 0.3) is 0 Å². The zero-order chi connectivity index (χ0) is 10.7. The molecule has 15 heavy (non-hydrogen) atoms. The van der Waals surface area contributed by atoms with Gasteiger partial charge in [-0.1, -0.05) is 0 Å². The van der Waals surface area contributed by atoms with Crippen LogP contribution in [-0.2, 0) is 12.8 Å². The Kier molecular flexibility index (Phi) is 3.49. The molecule has 0 saturated heterocycles. The molecule has 0 aromatic carbocycles. The van der Waals surface area contributed by atoms with Gasteiger partial charge in [-0.3, -0.25) is 0 Å². The van der Waals surface area contributed by atoms with E-state index in [0.29, 0.717) is 0 Å². The van der Waals surface area contributed by atoms with E-state index < -0.39 is 0 Å². The third kappa shape index (κ3) is 3.11. The second kappa shape index (κ2) is 4.86. The number of aryl methyl sites for hydroxylation is 4. The van der Waals surface area contributed by atoms with Crippen molar-refractivity contribution in [1.82, 2.24) is 9.36 Å². The highest BCUT2D eigenvalue weighted by molar-refractivity contribution is 7.11. The van der Waals surface area contributed by atoms with Gasteiger partial charge in [-0.2, -0.15) is 4.37 Å². The van der Waals surface area contributed by atoms with E-state index in [1.807, 2.05) is 13.1 Å². The lowest BCUT2D eigenvalue weighted by Crippen LogP contribution is -1.84. The van der Waals surface area contributed by atoms with E-state index in [4.69, 9.17) is 0 Å². The molecule has 0 saturated carbocycles. The van der Waals surface area contributed by atoms with Crippen LogP contribution in [0.4, 0.5) is 0 Å². The molecular weight excluding hydrogens is 224 g/mol. The molecule has 0 unspecified atom stereocenters. The Balaban J connectivity index is 1.80. The highest BCUT2D eigenvalue weighted by Crippen LogP contribution is 2.16. The zero-order valence-corrected chi connectivity index (χ0v) is 10.6. The maximum absolute atomic E-state index is 4.28. The SMILES string of the molecule is Cc1cc(CCCc2cnc(C)s2)sn1. The maximum atomic E-state index is 4.28. The lowest BCUT2D eigenvalue weighted by Gasteiger charge is -1.94. The molecule has 0 atom stereocenters. The van der Waals surface area contributed by atoms with E-state index in [-0.39, 0.29) is 0 Å². The number of hydrogen-bond acceptors (Lipinski definition) is 4. The van der Waals surface area contributed by atoms with Gasteiger partial charge >= 0.3 is 0 Å². The van der Waals surface area contributed by atoms with Crippen molar-refractivity contribution >= 4 is 22.9 Å². The van der Waals surface area contributed by atoms with E-state index in [2.05, 4.69) is 22.3 Å². The van der Waals surface area contributed by atoms with Crippen LogP contribution >= 0.6 is 22.9 Å². The Morgan fingerprint density at radius 2 is 2.00 bits per heavy atom. The molecular formula is C11H14N2S2. The Bertz CT molecular complexity index is 391. The molecule has 2 rings (SSSR count). The first-order valence-corrected chi connectivity index (χ1v) is 6.66. The van der Waals surface area contributed by atoms with Gasteiger partial charge in [-0.25, -0.2) is 4.98 Å².